The fourth-order valence-electron chi connectivity index (χ4n) is 1.30. The molecule has 0 heterocycles. The average molecular weight is 252 g/mol. The zero-order chi connectivity index (χ0) is 13.1. The van der Waals surface area contributed by atoms with Crippen LogP contribution in [0.5, 0.6) is 5.75 Å². The van der Waals surface area contributed by atoms with Crippen molar-refractivity contribution in [2.24, 2.45) is 4.99 Å². The molecule has 18 heavy (non-hydrogen) atoms. The highest BCUT2D eigenvalue weighted by molar-refractivity contribution is 5.59. The summed E-state index contributed by atoms with van der Waals surface area (Å²) < 4.78 is 10.9. The van der Waals surface area contributed by atoms with Crippen LogP contribution in [0.2, 0.25) is 0 Å². The SMILES string of the molecule is CCCCOCCOc1ccc(N=CNO)cc1. The van der Waals surface area contributed by atoms with Gasteiger partial charge < -0.3 is 9.47 Å². The lowest BCUT2D eigenvalue weighted by atomic mass is 10.3. The molecule has 0 aliphatic heterocycles. The maximum absolute atomic E-state index is 8.35. The van der Waals surface area contributed by atoms with Crippen molar-refractivity contribution in [2.75, 3.05) is 19.8 Å². The number of benzene rings is 1. The zero-order valence-electron chi connectivity index (χ0n) is 10.6. The Morgan fingerprint density at radius 2 is 2.00 bits per heavy atom. The molecule has 0 aliphatic rings. The molecule has 1 aromatic rings. The Morgan fingerprint density at radius 1 is 1.22 bits per heavy atom. The van der Waals surface area contributed by atoms with Crippen molar-refractivity contribution in [3.05, 3.63) is 24.3 Å². The smallest absolute Gasteiger partial charge is 0.119 e. The van der Waals surface area contributed by atoms with Gasteiger partial charge >= 0.3 is 0 Å². The molecular formula is C13H20N2O3. The molecule has 0 aliphatic carbocycles. The van der Waals surface area contributed by atoms with Gasteiger partial charge in [-0.15, -0.1) is 0 Å². The van der Waals surface area contributed by atoms with Gasteiger partial charge in [0.05, 0.1) is 12.3 Å². The van der Waals surface area contributed by atoms with E-state index in [1.54, 1.807) is 12.1 Å². The second-order valence-corrected chi connectivity index (χ2v) is 3.70. The minimum Gasteiger partial charge on any atom is -0.491 e. The topological polar surface area (TPSA) is 63.1 Å². The van der Waals surface area contributed by atoms with Gasteiger partial charge in [-0.2, -0.15) is 0 Å². The fraction of sp³-hybridized carbons (Fsp3) is 0.462. The Kier molecular flexibility index (Phi) is 7.59. The minimum atomic E-state index is 0.546. The van der Waals surface area contributed by atoms with Crippen LogP contribution in [0.4, 0.5) is 5.69 Å². The molecule has 0 unspecified atom stereocenters. The van der Waals surface area contributed by atoms with Crippen LogP contribution < -0.4 is 10.2 Å². The summed E-state index contributed by atoms with van der Waals surface area (Å²) in [5.74, 6) is 0.782. The number of hydroxylamine groups is 1. The van der Waals surface area contributed by atoms with Gasteiger partial charge in [0.25, 0.3) is 0 Å². The number of hydrogen-bond acceptors (Lipinski definition) is 4. The minimum absolute atomic E-state index is 0.546. The Morgan fingerprint density at radius 3 is 2.67 bits per heavy atom. The standard InChI is InChI=1S/C13H20N2O3/c1-2-3-8-17-9-10-18-13-6-4-12(5-7-13)14-11-15-16/h4-7,11,16H,2-3,8-10H2,1H3,(H,14,15). The normalized spacial score (nSPS) is 10.8. The van der Waals surface area contributed by atoms with Crippen molar-refractivity contribution < 1.29 is 14.7 Å². The summed E-state index contributed by atoms with van der Waals surface area (Å²) in [6.07, 6.45) is 3.44. The van der Waals surface area contributed by atoms with Crippen molar-refractivity contribution in [2.45, 2.75) is 19.8 Å². The molecule has 0 spiro atoms. The molecule has 5 nitrogen and oxygen atoms in total. The summed E-state index contributed by atoms with van der Waals surface area (Å²) in [5, 5.41) is 8.35. The van der Waals surface area contributed by atoms with Gasteiger partial charge in [-0.05, 0) is 30.7 Å². The van der Waals surface area contributed by atoms with Crippen LogP contribution in [0.25, 0.3) is 0 Å². The third kappa shape index (κ3) is 6.22. The highest BCUT2D eigenvalue weighted by Crippen LogP contribution is 2.17. The van der Waals surface area contributed by atoms with Gasteiger partial charge in [0.2, 0.25) is 0 Å². The van der Waals surface area contributed by atoms with Crippen LogP contribution in [0, 0.1) is 0 Å². The first kappa shape index (κ1) is 14.5. The van der Waals surface area contributed by atoms with Crippen LogP contribution in [0.1, 0.15) is 19.8 Å². The van der Waals surface area contributed by atoms with E-state index in [9.17, 15) is 0 Å². The van der Waals surface area contributed by atoms with E-state index >= 15 is 0 Å². The average Bonchev–Trinajstić information content (AvgIpc) is 2.42. The van der Waals surface area contributed by atoms with Crippen molar-refractivity contribution in [3.63, 3.8) is 0 Å². The molecule has 5 heteroatoms. The largest absolute Gasteiger partial charge is 0.491 e. The summed E-state index contributed by atoms with van der Waals surface area (Å²) in [6, 6.07) is 7.27. The first-order chi connectivity index (χ1) is 8.86. The predicted molar refractivity (Wildman–Crippen MR) is 70.7 cm³/mol. The van der Waals surface area contributed by atoms with Gasteiger partial charge in [-0.25, -0.2) is 4.99 Å². The number of rotatable bonds is 9. The fourth-order valence-corrected chi connectivity index (χ4v) is 1.30. The molecule has 0 radical (unpaired) electrons. The summed E-state index contributed by atoms with van der Waals surface area (Å²) in [4.78, 5) is 3.93. The monoisotopic (exact) mass is 252 g/mol. The lowest BCUT2D eigenvalue weighted by Gasteiger charge is -2.06. The second-order valence-electron chi connectivity index (χ2n) is 3.70. The number of ether oxygens (including phenoxy) is 2. The van der Waals surface area contributed by atoms with E-state index in [1.165, 1.54) is 6.34 Å². The van der Waals surface area contributed by atoms with E-state index in [2.05, 4.69) is 11.9 Å². The first-order valence-corrected chi connectivity index (χ1v) is 6.09. The maximum Gasteiger partial charge on any atom is 0.119 e. The Balaban J connectivity index is 2.20. The molecule has 2 N–H and O–H groups in total. The molecule has 0 fully saturated rings. The number of unbranched alkanes of at least 4 members (excludes halogenated alkanes) is 1. The molecule has 0 amide bonds. The Labute approximate surface area is 107 Å². The van der Waals surface area contributed by atoms with Gasteiger partial charge in [-0.1, -0.05) is 13.3 Å². The molecule has 100 valence electrons. The highest BCUT2D eigenvalue weighted by Gasteiger charge is 1.94. The Bertz CT molecular complexity index is 339. The number of nitrogens with zero attached hydrogens (tertiary/aromatic N) is 1. The lowest BCUT2D eigenvalue weighted by molar-refractivity contribution is 0.0981. The quantitative estimate of drug-likeness (QED) is 0.307. The zero-order valence-corrected chi connectivity index (χ0v) is 10.6. The first-order valence-electron chi connectivity index (χ1n) is 6.09. The third-order valence-electron chi connectivity index (χ3n) is 2.25. The lowest BCUT2D eigenvalue weighted by Crippen LogP contribution is -2.07. The van der Waals surface area contributed by atoms with Gasteiger partial charge in [-0.3, -0.25) is 10.7 Å². The van der Waals surface area contributed by atoms with Crippen LogP contribution in [-0.4, -0.2) is 31.4 Å². The van der Waals surface area contributed by atoms with Crippen molar-refractivity contribution >= 4 is 12.0 Å². The number of hydrogen-bond donors (Lipinski definition) is 2. The molecule has 0 bridgehead atoms. The molecule has 0 saturated carbocycles. The van der Waals surface area contributed by atoms with Crippen molar-refractivity contribution in [1.29, 1.82) is 0 Å². The molecule has 1 rings (SSSR count). The van der Waals surface area contributed by atoms with Crippen molar-refractivity contribution in [3.8, 4) is 5.75 Å². The van der Waals surface area contributed by atoms with Gasteiger partial charge in [0, 0.05) is 6.61 Å². The van der Waals surface area contributed by atoms with E-state index in [0.717, 1.165) is 30.9 Å². The summed E-state index contributed by atoms with van der Waals surface area (Å²) in [7, 11) is 0. The van der Waals surface area contributed by atoms with Crippen LogP contribution >= 0.6 is 0 Å². The molecular weight excluding hydrogens is 232 g/mol. The molecule has 0 atom stereocenters. The number of nitrogens with one attached hydrogen (secondary N) is 1. The van der Waals surface area contributed by atoms with E-state index in [0.29, 0.717) is 13.2 Å². The highest BCUT2D eigenvalue weighted by atomic mass is 16.5. The number of aliphatic imine (C=N–C) groups is 1. The summed E-state index contributed by atoms with van der Waals surface area (Å²) in [5.41, 5.74) is 2.59. The van der Waals surface area contributed by atoms with Crippen LogP contribution in [-0.2, 0) is 4.74 Å². The third-order valence-corrected chi connectivity index (χ3v) is 2.25. The van der Waals surface area contributed by atoms with E-state index in [-0.39, 0.29) is 0 Å². The van der Waals surface area contributed by atoms with Crippen LogP contribution in [0.15, 0.2) is 29.3 Å². The molecule has 0 aromatic heterocycles. The van der Waals surface area contributed by atoms with E-state index in [1.807, 2.05) is 17.6 Å². The predicted octanol–water partition coefficient (Wildman–Crippen LogP) is 2.52. The maximum atomic E-state index is 8.35. The summed E-state index contributed by atoms with van der Waals surface area (Å²) >= 11 is 0. The Hall–Kier alpha value is -1.59. The van der Waals surface area contributed by atoms with Gasteiger partial charge in [0.1, 0.15) is 18.7 Å². The van der Waals surface area contributed by atoms with Gasteiger partial charge in [0.15, 0.2) is 0 Å². The summed E-state index contributed by atoms with van der Waals surface area (Å²) in [6.45, 7) is 4.08. The van der Waals surface area contributed by atoms with Crippen molar-refractivity contribution in [1.82, 2.24) is 5.48 Å². The molecule has 1 aromatic carbocycles. The molecule has 0 saturated heterocycles. The van der Waals surface area contributed by atoms with Crippen LogP contribution in [0.3, 0.4) is 0 Å². The van der Waals surface area contributed by atoms with E-state index < -0.39 is 0 Å². The second kappa shape index (κ2) is 9.44. The van der Waals surface area contributed by atoms with E-state index in [4.69, 9.17) is 14.7 Å².